The monoisotopic (exact) mass is 1130 g/mol. The Labute approximate surface area is 486 Å². The summed E-state index contributed by atoms with van der Waals surface area (Å²) in [6.07, 6.45) is 76.4. The second-order valence-electron chi connectivity index (χ2n) is 24.1. The lowest BCUT2D eigenvalue weighted by Gasteiger charge is -2.19. The number of phosphoric acid groups is 1. The second kappa shape index (κ2) is 65.2. The van der Waals surface area contributed by atoms with Crippen molar-refractivity contribution in [2.45, 2.75) is 399 Å². The van der Waals surface area contributed by atoms with Gasteiger partial charge in [0, 0.05) is 19.4 Å². The fourth-order valence-corrected chi connectivity index (χ4v) is 11.8. The van der Waals surface area contributed by atoms with Crippen molar-refractivity contribution in [2.75, 3.05) is 26.4 Å². The number of unbranched alkanes of at least 4 members (excludes halogenated alkanes) is 55. The molecule has 0 aliphatic rings. The Morgan fingerprint density at radius 3 is 0.782 bits per heavy atom. The van der Waals surface area contributed by atoms with Crippen molar-refractivity contribution in [1.82, 2.24) is 0 Å². The highest BCUT2D eigenvalue weighted by atomic mass is 31.2. The van der Waals surface area contributed by atoms with Crippen molar-refractivity contribution in [3.05, 3.63) is 0 Å². The molecule has 10 heteroatoms. The molecule has 466 valence electrons. The van der Waals surface area contributed by atoms with Crippen LogP contribution in [0, 0.1) is 0 Å². The zero-order chi connectivity index (χ0) is 56.6. The number of hydrogen-bond donors (Lipinski definition) is 2. The Bertz CT molecular complexity index is 1240. The van der Waals surface area contributed by atoms with Gasteiger partial charge in [-0.05, 0) is 12.8 Å². The zero-order valence-corrected chi connectivity index (χ0v) is 53.3. The van der Waals surface area contributed by atoms with Crippen LogP contribution in [0.5, 0.6) is 0 Å². The van der Waals surface area contributed by atoms with E-state index >= 15 is 0 Å². The van der Waals surface area contributed by atoms with Crippen LogP contribution in [0.2, 0.25) is 0 Å². The largest absolute Gasteiger partial charge is 0.472 e. The van der Waals surface area contributed by atoms with Crippen LogP contribution in [-0.2, 0) is 32.7 Å². The highest BCUT2D eigenvalue weighted by molar-refractivity contribution is 7.47. The first-order valence-corrected chi connectivity index (χ1v) is 36.5. The molecule has 0 heterocycles. The van der Waals surface area contributed by atoms with Gasteiger partial charge in [-0.15, -0.1) is 0 Å². The van der Waals surface area contributed by atoms with Gasteiger partial charge in [0.05, 0.1) is 13.2 Å². The molecule has 0 saturated heterocycles. The molecule has 0 aliphatic heterocycles. The fraction of sp³-hybridized carbons (Fsp3) is 0.971. The summed E-state index contributed by atoms with van der Waals surface area (Å²) < 4.78 is 33.2. The number of phosphoric ester groups is 1. The van der Waals surface area contributed by atoms with E-state index in [2.05, 4.69) is 13.8 Å². The number of esters is 2. The Morgan fingerprint density at radius 2 is 0.551 bits per heavy atom. The molecule has 0 radical (unpaired) electrons. The molecule has 2 unspecified atom stereocenters. The van der Waals surface area contributed by atoms with Crippen LogP contribution in [0.3, 0.4) is 0 Å². The number of hydrogen-bond acceptors (Lipinski definition) is 8. The van der Waals surface area contributed by atoms with Crippen LogP contribution in [0.1, 0.15) is 393 Å². The first kappa shape index (κ1) is 77.0. The minimum Gasteiger partial charge on any atom is -0.462 e. The molecular formula is C68H136NO8P. The van der Waals surface area contributed by atoms with Crippen LogP contribution >= 0.6 is 7.82 Å². The molecule has 0 fully saturated rings. The highest BCUT2D eigenvalue weighted by Crippen LogP contribution is 2.43. The van der Waals surface area contributed by atoms with E-state index in [0.29, 0.717) is 12.8 Å². The molecule has 0 spiro atoms. The maximum absolute atomic E-state index is 12.8. The molecule has 0 aromatic carbocycles. The Morgan fingerprint density at radius 1 is 0.333 bits per heavy atom. The topological polar surface area (TPSA) is 134 Å². The van der Waals surface area contributed by atoms with Gasteiger partial charge in [-0.25, -0.2) is 4.57 Å². The van der Waals surface area contributed by atoms with Gasteiger partial charge >= 0.3 is 19.8 Å². The van der Waals surface area contributed by atoms with E-state index < -0.39 is 26.5 Å². The first-order valence-electron chi connectivity index (χ1n) is 35.0. The van der Waals surface area contributed by atoms with Gasteiger partial charge in [0.25, 0.3) is 0 Å². The summed E-state index contributed by atoms with van der Waals surface area (Å²) in [5, 5.41) is 0. The predicted molar refractivity (Wildman–Crippen MR) is 335 cm³/mol. The van der Waals surface area contributed by atoms with E-state index in [0.717, 1.165) is 32.1 Å². The summed E-state index contributed by atoms with van der Waals surface area (Å²) in [6, 6.07) is 0. The predicted octanol–water partition coefficient (Wildman–Crippen LogP) is 22.6. The maximum atomic E-state index is 12.8. The number of ether oxygens (including phenoxy) is 2. The molecule has 0 aliphatic carbocycles. The zero-order valence-electron chi connectivity index (χ0n) is 52.5. The third-order valence-corrected chi connectivity index (χ3v) is 17.2. The molecule has 0 aromatic heterocycles. The highest BCUT2D eigenvalue weighted by Gasteiger charge is 2.26. The standard InChI is InChI=1S/C68H136NO8P/c1-3-5-7-9-11-13-15-17-19-21-23-25-27-29-31-32-33-35-37-39-41-43-45-47-49-51-53-55-57-59-61-68(71)77-66(65-76-78(72,73)75-63-62-69)64-74-67(70)60-58-56-54-52-50-48-46-44-42-40-38-36-34-30-28-26-24-22-20-18-16-14-12-10-8-6-4-2/h66H,3-65,69H2,1-2H3,(H,72,73). The van der Waals surface area contributed by atoms with Crippen LogP contribution in [-0.4, -0.2) is 49.3 Å². The summed E-state index contributed by atoms with van der Waals surface area (Å²) in [4.78, 5) is 35.3. The molecular weight excluding hydrogens is 990 g/mol. The quantitative estimate of drug-likeness (QED) is 0.0347. The van der Waals surface area contributed by atoms with Gasteiger partial charge < -0.3 is 20.1 Å². The lowest BCUT2D eigenvalue weighted by molar-refractivity contribution is -0.161. The summed E-state index contributed by atoms with van der Waals surface area (Å²) in [6.45, 7) is 3.85. The molecule has 0 saturated carbocycles. The lowest BCUT2D eigenvalue weighted by Crippen LogP contribution is -2.29. The van der Waals surface area contributed by atoms with Crippen LogP contribution in [0.25, 0.3) is 0 Å². The van der Waals surface area contributed by atoms with Crippen LogP contribution in [0.15, 0.2) is 0 Å². The molecule has 9 nitrogen and oxygen atoms in total. The number of rotatable bonds is 68. The van der Waals surface area contributed by atoms with Gasteiger partial charge in [-0.1, -0.05) is 367 Å². The minimum absolute atomic E-state index is 0.0588. The van der Waals surface area contributed by atoms with Crippen molar-refractivity contribution < 1.29 is 37.6 Å². The first-order chi connectivity index (χ1) is 38.3. The van der Waals surface area contributed by atoms with E-state index in [1.165, 1.54) is 327 Å². The lowest BCUT2D eigenvalue weighted by atomic mass is 10.0. The van der Waals surface area contributed by atoms with Gasteiger partial charge in [0.2, 0.25) is 0 Å². The van der Waals surface area contributed by atoms with Gasteiger partial charge in [-0.3, -0.25) is 18.6 Å². The van der Waals surface area contributed by atoms with Gasteiger partial charge in [0.1, 0.15) is 6.61 Å². The van der Waals surface area contributed by atoms with Crippen molar-refractivity contribution in [3.8, 4) is 0 Å². The molecule has 0 bridgehead atoms. The van der Waals surface area contributed by atoms with E-state index in [4.69, 9.17) is 24.3 Å². The SMILES string of the molecule is CCCCCCCCCCCCCCCCCCCCCCCCCCCCCCCCC(=O)OC(COC(=O)CCCCCCCCCCCCCCCCCCCCCCCCCCCCC)COP(=O)(O)OCCN. The number of carbonyl (C=O) groups is 2. The van der Waals surface area contributed by atoms with Gasteiger partial charge in [0.15, 0.2) is 6.10 Å². The van der Waals surface area contributed by atoms with E-state index in [1.54, 1.807) is 0 Å². The average molecular weight is 1130 g/mol. The van der Waals surface area contributed by atoms with Crippen LogP contribution < -0.4 is 5.73 Å². The van der Waals surface area contributed by atoms with Crippen molar-refractivity contribution in [1.29, 1.82) is 0 Å². The van der Waals surface area contributed by atoms with Crippen LogP contribution in [0.4, 0.5) is 0 Å². The van der Waals surface area contributed by atoms with E-state index in [9.17, 15) is 19.0 Å². The van der Waals surface area contributed by atoms with E-state index in [1.807, 2.05) is 0 Å². The summed E-state index contributed by atoms with van der Waals surface area (Å²) >= 11 is 0. The number of nitrogens with two attached hydrogens (primary N) is 1. The van der Waals surface area contributed by atoms with Gasteiger partial charge in [-0.2, -0.15) is 0 Å². The third-order valence-electron chi connectivity index (χ3n) is 16.2. The number of carbonyl (C=O) groups excluding carboxylic acids is 2. The van der Waals surface area contributed by atoms with Crippen molar-refractivity contribution in [3.63, 3.8) is 0 Å². The summed E-state index contributed by atoms with van der Waals surface area (Å²) in [7, 11) is -4.39. The smallest absolute Gasteiger partial charge is 0.462 e. The maximum Gasteiger partial charge on any atom is 0.472 e. The van der Waals surface area contributed by atoms with Crippen molar-refractivity contribution in [2.24, 2.45) is 5.73 Å². The second-order valence-corrected chi connectivity index (χ2v) is 25.6. The Balaban J connectivity index is 3.80. The molecule has 3 N–H and O–H groups in total. The minimum atomic E-state index is -4.39. The molecule has 2 atom stereocenters. The fourth-order valence-electron chi connectivity index (χ4n) is 11.1. The summed E-state index contributed by atoms with van der Waals surface area (Å²) in [5.74, 6) is -0.797. The van der Waals surface area contributed by atoms with E-state index in [-0.39, 0.29) is 32.1 Å². The average Bonchev–Trinajstić information content (AvgIpc) is 3.43. The normalized spacial score (nSPS) is 12.8. The Hall–Kier alpha value is -0.990. The molecule has 0 rings (SSSR count). The third kappa shape index (κ3) is 64.2. The Kier molecular flexibility index (Phi) is 64.3. The molecule has 0 amide bonds. The molecule has 78 heavy (non-hydrogen) atoms. The van der Waals surface area contributed by atoms with Crippen molar-refractivity contribution >= 4 is 19.8 Å². The molecule has 0 aromatic rings. The summed E-state index contributed by atoms with van der Waals surface area (Å²) in [5.41, 5.74) is 5.40.